The van der Waals surface area contributed by atoms with E-state index < -0.39 is 42.7 Å². The lowest BCUT2D eigenvalue weighted by atomic mass is 9.87. The number of hydrogen-bond acceptors (Lipinski definition) is 6. The quantitative estimate of drug-likeness (QED) is 0.356. The third-order valence-electron chi connectivity index (χ3n) is 4.71. The molecular formula is C20H37NO6. The van der Waals surface area contributed by atoms with Gasteiger partial charge in [0.1, 0.15) is 23.9 Å². The van der Waals surface area contributed by atoms with Crippen molar-refractivity contribution in [1.82, 2.24) is 4.90 Å². The number of ether oxygens (including phenoxy) is 1. The second kappa shape index (κ2) is 11.0. The molecule has 7 heteroatoms. The van der Waals surface area contributed by atoms with Crippen LogP contribution in [0.5, 0.6) is 0 Å². The van der Waals surface area contributed by atoms with E-state index in [2.05, 4.69) is 6.92 Å². The molecule has 0 heterocycles. The third-order valence-corrected chi connectivity index (χ3v) is 4.71. The normalized spacial score (nSPS) is 25.9. The fourth-order valence-corrected chi connectivity index (χ4v) is 3.19. The van der Waals surface area contributed by atoms with Crippen LogP contribution in [0.4, 0.5) is 4.79 Å². The van der Waals surface area contributed by atoms with Gasteiger partial charge in [0.25, 0.3) is 0 Å². The van der Waals surface area contributed by atoms with Gasteiger partial charge in [-0.2, -0.15) is 0 Å². The Morgan fingerprint density at radius 2 is 1.67 bits per heavy atom. The van der Waals surface area contributed by atoms with E-state index in [0.29, 0.717) is 6.54 Å². The Morgan fingerprint density at radius 3 is 2.22 bits per heavy atom. The van der Waals surface area contributed by atoms with Crippen LogP contribution in [0.3, 0.4) is 0 Å². The Labute approximate surface area is 162 Å². The molecule has 4 atom stereocenters. The highest BCUT2D eigenvalue weighted by Gasteiger charge is 2.42. The summed E-state index contributed by atoms with van der Waals surface area (Å²) in [6, 6.07) is -0.865. The average Bonchev–Trinajstić information content (AvgIpc) is 2.58. The van der Waals surface area contributed by atoms with Crippen molar-refractivity contribution in [2.45, 2.75) is 96.2 Å². The SMILES string of the molecule is CCCCCCCCN(C(=O)OC(C)(C)C)[C@@H]1C=C(CO)[C@H](O)C(O)[C@@H]1O. The van der Waals surface area contributed by atoms with Crippen LogP contribution in [0.2, 0.25) is 0 Å². The predicted octanol–water partition coefficient (Wildman–Crippen LogP) is 1.97. The lowest BCUT2D eigenvalue weighted by Crippen LogP contribution is -2.57. The Bertz CT molecular complexity index is 487. The second-order valence-corrected chi connectivity index (χ2v) is 8.26. The first-order valence-corrected chi connectivity index (χ1v) is 9.97. The monoisotopic (exact) mass is 387 g/mol. The number of carbonyl (C=O) groups excluding carboxylic acids is 1. The van der Waals surface area contributed by atoms with Gasteiger partial charge in [-0.3, -0.25) is 4.90 Å². The molecule has 158 valence electrons. The van der Waals surface area contributed by atoms with Gasteiger partial charge in [0, 0.05) is 6.54 Å². The smallest absolute Gasteiger partial charge is 0.410 e. The summed E-state index contributed by atoms with van der Waals surface area (Å²) in [4.78, 5) is 14.1. The van der Waals surface area contributed by atoms with Crippen molar-refractivity contribution in [2.24, 2.45) is 0 Å². The number of nitrogens with zero attached hydrogens (tertiary/aromatic N) is 1. The molecule has 0 aromatic carbocycles. The molecule has 1 amide bonds. The first-order chi connectivity index (χ1) is 12.6. The van der Waals surface area contributed by atoms with Gasteiger partial charge in [-0.15, -0.1) is 0 Å². The van der Waals surface area contributed by atoms with Crippen LogP contribution < -0.4 is 0 Å². The number of aliphatic hydroxyl groups excluding tert-OH is 4. The summed E-state index contributed by atoms with van der Waals surface area (Å²) in [5.74, 6) is 0. The largest absolute Gasteiger partial charge is 0.444 e. The van der Waals surface area contributed by atoms with Crippen LogP contribution in [-0.2, 0) is 4.74 Å². The van der Waals surface area contributed by atoms with Gasteiger partial charge in [0.15, 0.2) is 0 Å². The summed E-state index contributed by atoms with van der Waals surface area (Å²) in [6.07, 6.45) is 2.95. The minimum Gasteiger partial charge on any atom is -0.444 e. The van der Waals surface area contributed by atoms with Gasteiger partial charge in [-0.25, -0.2) is 4.79 Å². The molecule has 7 nitrogen and oxygen atoms in total. The summed E-state index contributed by atoms with van der Waals surface area (Å²) < 4.78 is 5.47. The van der Waals surface area contributed by atoms with Crippen LogP contribution in [0.1, 0.15) is 66.2 Å². The van der Waals surface area contributed by atoms with E-state index in [1.54, 1.807) is 20.8 Å². The van der Waals surface area contributed by atoms with E-state index in [-0.39, 0.29) is 5.57 Å². The topological polar surface area (TPSA) is 110 Å². The van der Waals surface area contributed by atoms with Crippen LogP contribution >= 0.6 is 0 Å². The first kappa shape index (κ1) is 23.9. The second-order valence-electron chi connectivity index (χ2n) is 8.26. The molecule has 0 saturated heterocycles. The Morgan fingerprint density at radius 1 is 1.07 bits per heavy atom. The molecule has 1 rings (SSSR count). The zero-order chi connectivity index (χ0) is 20.6. The Balaban J connectivity index is 2.91. The zero-order valence-corrected chi connectivity index (χ0v) is 17.1. The van der Waals surface area contributed by atoms with Gasteiger partial charge in [0.05, 0.1) is 12.6 Å². The summed E-state index contributed by atoms with van der Waals surface area (Å²) in [6.45, 7) is 7.34. The number of unbranched alkanes of at least 4 members (excludes halogenated alkanes) is 5. The van der Waals surface area contributed by atoms with Crippen molar-refractivity contribution in [2.75, 3.05) is 13.2 Å². The highest BCUT2D eigenvalue weighted by atomic mass is 16.6. The fourth-order valence-electron chi connectivity index (χ4n) is 3.19. The molecule has 0 fully saturated rings. The summed E-state index contributed by atoms with van der Waals surface area (Å²) in [7, 11) is 0. The van der Waals surface area contributed by atoms with Crippen molar-refractivity contribution in [1.29, 1.82) is 0 Å². The van der Waals surface area contributed by atoms with E-state index in [9.17, 15) is 25.2 Å². The molecule has 0 aromatic heterocycles. The molecule has 0 saturated carbocycles. The molecule has 0 aromatic rings. The zero-order valence-electron chi connectivity index (χ0n) is 17.1. The van der Waals surface area contributed by atoms with Crippen molar-refractivity contribution in [3.63, 3.8) is 0 Å². The lowest BCUT2D eigenvalue weighted by molar-refractivity contribution is -0.0840. The molecule has 0 spiro atoms. The number of carbonyl (C=O) groups is 1. The van der Waals surface area contributed by atoms with E-state index in [1.807, 2.05) is 0 Å². The number of rotatable bonds is 9. The van der Waals surface area contributed by atoms with Crippen LogP contribution in [0.15, 0.2) is 11.6 Å². The van der Waals surface area contributed by atoms with Crippen molar-refractivity contribution in [3.8, 4) is 0 Å². The fraction of sp³-hybridized carbons (Fsp3) is 0.850. The minimum atomic E-state index is -1.48. The maximum absolute atomic E-state index is 12.7. The maximum atomic E-state index is 12.7. The Hall–Kier alpha value is -1.15. The van der Waals surface area contributed by atoms with Crippen LogP contribution in [0.25, 0.3) is 0 Å². The first-order valence-electron chi connectivity index (χ1n) is 9.97. The van der Waals surface area contributed by atoms with Crippen LogP contribution in [0, 0.1) is 0 Å². The van der Waals surface area contributed by atoms with Gasteiger partial charge in [0.2, 0.25) is 0 Å². The lowest BCUT2D eigenvalue weighted by Gasteiger charge is -2.40. The van der Waals surface area contributed by atoms with E-state index >= 15 is 0 Å². The predicted molar refractivity (Wildman–Crippen MR) is 103 cm³/mol. The summed E-state index contributed by atoms with van der Waals surface area (Å²) in [5, 5.41) is 39.9. The standard InChI is InChI=1S/C20H37NO6/c1-5-6-7-8-9-10-11-21(19(26)27-20(2,3)4)15-12-14(13-22)16(23)18(25)17(15)24/h12,15-18,22-25H,5-11,13H2,1-4H3/t15-,16+,17-,18?/m1/s1. The van der Waals surface area contributed by atoms with E-state index in [4.69, 9.17) is 4.74 Å². The highest BCUT2D eigenvalue weighted by molar-refractivity contribution is 5.69. The van der Waals surface area contributed by atoms with Gasteiger partial charge in [-0.05, 0) is 32.8 Å². The Kier molecular flexibility index (Phi) is 9.73. The molecule has 0 bridgehead atoms. The highest BCUT2D eigenvalue weighted by Crippen LogP contribution is 2.26. The third kappa shape index (κ3) is 7.41. The molecule has 0 aliphatic heterocycles. The number of hydrogen-bond donors (Lipinski definition) is 4. The minimum absolute atomic E-state index is 0.189. The molecular weight excluding hydrogens is 350 g/mol. The van der Waals surface area contributed by atoms with E-state index in [1.165, 1.54) is 17.4 Å². The van der Waals surface area contributed by atoms with Gasteiger partial charge < -0.3 is 25.2 Å². The van der Waals surface area contributed by atoms with Crippen molar-refractivity contribution < 1.29 is 30.0 Å². The van der Waals surface area contributed by atoms with Gasteiger partial charge >= 0.3 is 6.09 Å². The molecule has 0 radical (unpaired) electrons. The summed E-state index contributed by atoms with van der Waals surface area (Å²) >= 11 is 0. The van der Waals surface area contributed by atoms with E-state index in [0.717, 1.165) is 32.1 Å². The maximum Gasteiger partial charge on any atom is 0.410 e. The molecule has 1 aliphatic rings. The van der Waals surface area contributed by atoms with Gasteiger partial charge in [-0.1, -0.05) is 45.1 Å². The summed E-state index contributed by atoms with van der Waals surface area (Å²) in [5.41, 5.74) is -0.508. The number of amides is 1. The molecule has 4 N–H and O–H groups in total. The van der Waals surface area contributed by atoms with Crippen molar-refractivity contribution >= 4 is 6.09 Å². The molecule has 1 aliphatic carbocycles. The number of aliphatic hydroxyl groups is 4. The molecule has 27 heavy (non-hydrogen) atoms. The average molecular weight is 388 g/mol. The van der Waals surface area contributed by atoms with Crippen molar-refractivity contribution in [3.05, 3.63) is 11.6 Å². The molecule has 1 unspecified atom stereocenters. The van der Waals surface area contributed by atoms with Crippen LogP contribution in [-0.4, -0.2) is 74.5 Å².